The second-order valence-electron chi connectivity index (χ2n) is 6.70. The number of hydrogen-bond acceptors (Lipinski definition) is 6. The van der Waals surface area contributed by atoms with Crippen molar-refractivity contribution in [1.29, 1.82) is 0 Å². The molecule has 1 spiro atoms. The number of ether oxygens (including phenoxy) is 2. The summed E-state index contributed by atoms with van der Waals surface area (Å²) in [5.74, 6) is -0.619. The van der Waals surface area contributed by atoms with Crippen LogP contribution in [0.1, 0.15) is 32.6 Å². The van der Waals surface area contributed by atoms with E-state index in [0.29, 0.717) is 24.4 Å². The summed E-state index contributed by atoms with van der Waals surface area (Å²) in [6.07, 6.45) is 11.9. The molecule has 2 saturated heterocycles. The molecule has 0 radical (unpaired) electrons. The minimum absolute atomic E-state index is 0.0722. The molecule has 7 heteroatoms. The number of allylic oxidation sites excluding steroid dienone is 2. The predicted molar refractivity (Wildman–Crippen MR) is 112 cm³/mol. The molecule has 1 unspecified atom stereocenters. The molecule has 28 heavy (non-hydrogen) atoms. The first-order chi connectivity index (χ1) is 13.6. The van der Waals surface area contributed by atoms with Crippen LogP contribution in [0.2, 0.25) is 0 Å². The Kier molecular flexibility index (Phi) is 12.3. The lowest BCUT2D eigenvalue weighted by molar-refractivity contribution is -0.172. The minimum Gasteiger partial charge on any atom is -0.347 e. The number of carbonyl (C=O) groups is 1. The molecule has 7 nitrogen and oxygen atoms in total. The van der Waals surface area contributed by atoms with Gasteiger partial charge in [-0.05, 0) is 19.8 Å². The molecule has 2 aliphatic heterocycles. The van der Waals surface area contributed by atoms with Gasteiger partial charge in [0.2, 0.25) is 0 Å². The topological polar surface area (TPSA) is 83.4 Å². The third-order valence-electron chi connectivity index (χ3n) is 4.44. The smallest absolute Gasteiger partial charge is 0.287 e. The molecule has 0 aromatic carbocycles. The van der Waals surface area contributed by atoms with E-state index >= 15 is 0 Å². The molecule has 2 heterocycles. The lowest BCUT2D eigenvalue weighted by atomic mass is 10.1. The fourth-order valence-electron chi connectivity index (χ4n) is 2.98. The van der Waals surface area contributed by atoms with Crippen molar-refractivity contribution < 1.29 is 19.5 Å². The number of aliphatic imine (C=N–C) groups is 1. The van der Waals surface area contributed by atoms with E-state index < -0.39 is 5.91 Å². The average Bonchev–Trinajstić information content (AvgIpc) is 3.14. The summed E-state index contributed by atoms with van der Waals surface area (Å²) in [5.41, 5.74) is 0. The molecule has 1 amide bonds. The number of nitrogens with one attached hydrogen (secondary N) is 1. The van der Waals surface area contributed by atoms with Crippen LogP contribution in [0.25, 0.3) is 0 Å². The molecule has 1 atom stereocenters. The maximum Gasteiger partial charge on any atom is 0.287 e. The van der Waals surface area contributed by atoms with Crippen molar-refractivity contribution in [2.45, 2.75) is 38.4 Å². The van der Waals surface area contributed by atoms with Gasteiger partial charge in [-0.2, -0.15) is 0 Å². The van der Waals surface area contributed by atoms with E-state index in [4.69, 9.17) is 9.47 Å². The van der Waals surface area contributed by atoms with Gasteiger partial charge in [0, 0.05) is 38.4 Å². The van der Waals surface area contributed by atoms with Crippen LogP contribution in [-0.4, -0.2) is 67.6 Å². The van der Waals surface area contributed by atoms with Gasteiger partial charge in [0.05, 0.1) is 26.0 Å². The second kappa shape index (κ2) is 14.2. The normalized spacial score (nSPS) is 19.4. The maximum atomic E-state index is 11.5. The van der Waals surface area contributed by atoms with Gasteiger partial charge in [-0.15, -0.1) is 13.2 Å². The molecule has 2 rings (SSSR count). The lowest BCUT2D eigenvalue weighted by Gasteiger charge is -2.31. The number of amides is 1. The summed E-state index contributed by atoms with van der Waals surface area (Å²) in [7, 11) is 0. The number of hydroxylamine groups is 2. The quantitative estimate of drug-likeness (QED) is 0.207. The summed E-state index contributed by atoms with van der Waals surface area (Å²) in [6.45, 7) is 13.5. The van der Waals surface area contributed by atoms with Gasteiger partial charge in [-0.1, -0.05) is 24.3 Å². The summed E-state index contributed by atoms with van der Waals surface area (Å²) in [6, 6.07) is 0. The molecule has 2 aliphatic rings. The monoisotopic (exact) mass is 393 g/mol. The van der Waals surface area contributed by atoms with E-state index in [1.807, 2.05) is 19.1 Å². The van der Waals surface area contributed by atoms with Crippen molar-refractivity contribution in [2.75, 3.05) is 39.4 Å². The Morgan fingerprint density at radius 1 is 1.29 bits per heavy atom. The Balaban J connectivity index is 0.000000324. The molecule has 2 fully saturated rings. The minimum atomic E-state index is -0.502. The SMILES string of the molecule is C1CC2(CCN1)OCCO2.C=CCCN=CC(=O)N(O)CC(/C=C\C)CC=C. The van der Waals surface area contributed by atoms with Crippen LogP contribution in [0.4, 0.5) is 0 Å². The lowest BCUT2D eigenvalue weighted by Crippen LogP contribution is -2.42. The Hall–Kier alpha value is -1.80. The molecular weight excluding hydrogens is 358 g/mol. The summed E-state index contributed by atoms with van der Waals surface area (Å²) >= 11 is 0. The van der Waals surface area contributed by atoms with Gasteiger partial charge in [0.25, 0.3) is 5.91 Å². The second-order valence-corrected chi connectivity index (χ2v) is 6.70. The van der Waals surface area contributed by atoms with Crippen LogP contribution in [0.3, 0.4) is 0 Å². The Morgan fingerprint density at radius 2 is 1.96 bits per heavy atom. The summed E-state index contributed by atoms with van der Waals surface area (Å²) in [5, 5.41) is 13.6. The fourth-order valence-corrected chi connectivity index (χ4v) is 2.98. The molecule has 0 bridgehead atoms. The van der Waals surface area contributed by atoms with Crippen LogP contribution in [0.15, 0.2) is 42.5 Å². The van der Waals surface area contributed by atoms with Gasteiger partial charge in [0.15, 0.2) is 5.79 Å². The zero-order valence-corrected chi connectivity index (χ0v) is 17.0. The van der Waals surface area contributed by atoms with E-state index in [1.54, 1.807) is 12.2 Å². The van der Waals surface area contributed by atoms with Crippen LogP contribution < -0.4 is 5.32 Å². The standard InChI is InChI=1S/C14H22N2O2.C7H13NO2/c1-4-7-10-15-11-14(17)16(18)12-13(8-5-2)9-6-3;1-3-8-4-2-7(1)9-5-6-10-7/h4-6,9,11,13,18H,1-2,7-8,10,12H2,3H3;8H,1-6H2/b9-6-,15-11?;. The van der Waals surface area contributed by atoms with Gasteiger partial charge in [-0.25, -0.2) is 5.06 Å². The Morgan fingerprint density at radius 3 is 2.54 bits per heavy atom. The number of nitrogens with zero attached hydrogens (tertiary/aromatic N) is 2. The Labute approximate surface area is 168 Å². The number of hydrogen-bond donors (Lipinski definition) is 2. The largest absolute Gasteiger partial charge is 0.347 e. The maximum absolute atomic E-state index is 11.5. The zero-order valence-electron chi connectivity index (χ0n) is 17.0. The summed E-state index contributed by atoms with van der Waals surface area (Å²) < 4.78 is 11.0. The van der Waals surface area contributed by atoms with Crippen LogP contribution in [0.5, 0.6) is 0 Å². The Bertz CT molecular complexity index is 520. The van der Waals surface area contributed by atoms with E-state index in [2.05, 4.69) is 23.5 Å². The van der Waals surface area contributed by atoms with Gasteiger partial charge >= 0.3 is 0 Å². The summed E-state index contributed by atoms with van der Waals surface area (Å²) in [4.78, 5) is 15.4. The van der Waals surface area contributed by atoms with Crippen LogP contribution in [0, 0.1) is 5.92 Å². The molecule has 158 valence electrons. The van der Waals surface area contributed by atoms with Crippen molar-refractivity contribution in [1.82, 2.24) is 10.4 Å². The first-order valence-electron chi connectivity index (χ1n) is 9.90. The molecule has 0 aromatic heterocycles. The number of carbonyl (C=O) groups excluding carboxylic acids is 1. The highest BCUT2D eigenvalue weighted by Gasteiger charge is 2.37. The third-order valence-corrected chi connectivity index (χ3v) is 4.44. The van der Waals surface area contributed by atoms with E-state index in [0.717, 1.165) is 45.4 Å². The average molecular weight is 394 g/mol. The van der Waals surface area contributed by atoms with E-state index in [9.17, 15) is 10.0 Å². The highest BCUT2D eigenvalue weighted by molar-refractivity contribution is 6.25. The first kappa shape index (κ1) is 24.2. The van der Waals surface area contributed by atoms with Crippen molar-refractivity contribution in [3.63, 3.8) is 0 Å². The predicted octanol–water partition coefficient (Wildman–Crippen LogP) is 2.73. The molecule has 2 N–H and O–H groups in total. The van der Waals surface area contributed by atoms with E-state index in [-0.39, 0.29) is 18.2 Å². The number of rotatable bonds is 9. The zero-order chi connectivity index (χ0) is 20.7. The highest BCUT2D eigenvalue weighted by Crippen LogP contribution is 2.28. The molecular formula is C21H35N3O4. The molecule has 0 aliphatic carbocycles. The first-order valence-corrected chi connectivity index (χ1v) is 9.90. The van der Waals surface area contributed by atoms with Crippen molar-refractivity contribution in [2.24, 2.45) is 10.9 Å². The van der Waals surface area contributed by atoms with E-state index in [1.165, 1.54) is 0 Å². The van der Waals surface area contributed by atoms with Crippen molar-refractivity contribution in [3.8, 4) is 0 Å². The number of piperidine rings is 1. The fraction of sp³-hybridized carbons (Fsp3) is 0.619. The highest BCUT2D eigenvalue weighted by atomic mass is 16.7. The van der Waals surface area contributed by atoms with Gasteiger partial charge in [0.1, 0.15) is 0 Å². The van der Waals surface area contributed by atoms with Crippen LogP contribution in [-0.2, 0) is 14.3 Å². The van der Waals surface area contributed by atoms with Crippen molar-refractivity contribution in [3.05, 3.63) is 37.5 Å². The molecule has 0 saturated carbocycles. The third kappa shape index (κ3) is 9.41. The van der Waals surface area contributed by atoms with Gasteiger partial charge < -0.3 is 14.8 Å². The molecule has 0 aromatic rings. The van der Waals surface area contributed by atoms with Crippen molar-refractivity contribution >= 4 is 12.1 Å². The van der Waals surface area contributed by atoms with Crippen LogP contribution >= 0.6 is 0 Å². The van der Waals surface area contributed by atoms with Gasteiger partial charge in [-0.3, -0.25) is 15.0 Å².